The Morgan fingerprint density at radius 2 is 1.21 bits per heavy atom. The second kappa shape index (κ2) is 7.38. The number of hydrogen-bond acceptors (Lipinski definition) is 6. The summed E-state index contributed by atoms with van der Waals surface area (Å²) in [6.07, 6.45) is 1.25. The highest BCUT2D eigenvalue weighted by molar-refractivity contribution is 8.40. The number of hydrogen-bond donors (Lipinski definition) is 0. The molecule has 0 aromatic heterocycles. The van der Waals surface area contributed by atoms with Crippen LogP contribution in [0.4, 0.5) is 26.3 Å². The molecule has 16 heteroatoms. The fourth-order valence-corrected chi connectivity index (χ4v) is 9.68. The van der Waals surface area contributed by atoms with E-state index in [-0.39, 0.29) is 5.75 Å². The van der Waals surface area contributed by atoms with Crippen molar-refractivity contribution < 1.29 is 52.7 Å². The van der Waals surface area contributed by atoms with Crippen molar-refractivity contribution in [1.82, 2.24) is 3.12 Å². The molecule has 0 aliphatic rings. The summed E-state index contributed by atoms with van der Waals surface area (Å²) in [5, 5.41) is 0. The lowest BCUT2D eigenvalue weighted by Crippen LogP contribution is -2.49. The number of rotatable bonds is 5. The Kier molecular flexibility index (Phi) is 6.46. The van der Waals surface area contributed by atoms with Crippen molar-refractivity contribution >= 4 is 36.2 Å². The number of benzene rings is 1. The number of nitrogens with zero attached hydrogens (tertiary/aromatic N) is 1. The van der Waals surface area contributed by atoms with Crippen LogP contribution in [0.15, 0.2) is 29.2 Å². The van der Waals surface area contributed by atoms with Gasteiger partial charge in [0.25, 0.3) is 0 Å². The van der Waals surface area contributed by atoms with Crippen LogP contribution >= 0.6 is 10.2 Å². The fourth-order valence-electron chi connectivity index (χ4n) is 1.88. The third-order valence-electron chi connectivity index (χ3n) is 3.01. The van der Waals surface area contributed by atoms with E-state index < -0.39 is 55.3 Å². The van der Waals surface area contributed by atoms with Gasteiger partial charge < -0.3 is 4.74 Å². The first-order valence-electron chi connectivity index (χ1n) is 6.71. The van der Waals surface area contributed by atoms with Gasteiger partial charge in [-0.3, -0.25) is 4.79 Å². The molecule has 1 aromatic carbocycles. The molecular formula is C12H13F6NO6S3. The van der Waals surface area contributed by atoms with Gasteiger partial charge in [-0.2, -0.15) is 26.3 Å². The first-order valence-corrected chi connectivity index (χ1v) is 12.0. The van der Waals surface area contributed by atoms with E-state index in [1.165, 1.54) is 0 Å². The van der Waals surface area contributed by atoms with Gasteiger partial charge in [-0.05, 0) is 39.9 Å². The van der Waals surface area contributed by atoms with Crippen molar-refractivity contribution in [3.8, 4) is 5.75 Å². The van der Waals surface area contributed by atoms with E-state index >= 15 is 0 Å². The van der Waals surface area contributed by atoms with Gasteiger partial charge in [0.15, 0.2) is 0 Å². The second-order valence-electron chi connectivity index (χ2n) is 5.40. The zero-order valence-corrected chi connectivity index (χ0v) is 16.6. The second-order valence-corrected chi connectivity index (χ2v) is 13.0. The molecule has 0 unspecified atom stereocenters. The molecular weight excluding hydrogens is 464 g/mol. The summed E-state index contributed by atoms with van der Waals surface area (Å²) < 4.78 is 128. The third-order valence-corrected chi connectivity index (χ3v) is 11.7. The van der Waals surface area contributed by atoms with Crippen LogP contribution in [0.5, 0.6) is 5.75 Å². The monoisotopic (exact) mass is 477 g/mol. The molecule has 0 fully saturated rings. The predicted molar refractivity (Wildman–Crippen MR) is 87.2 cm³/mol. The van der Waals surface area contributed by atoms with E-state index in [0.29, 0.717) is 12.5 Å². The van der Waals surface area contributed by atoms with Crippen LogP contribution in [-0.4, -0.2) is 49.4 Å². The van der Waals surface area contributed by atoms with Crippen molar-refractivity contribution in [2.75, 3.05) is 12.5 Å². The number of ether oxygens (including phenoxy) is 1. The van der Waals surface area contributed by atoms with E-state index in [9.17, 15) is 48.0 Å². The van der Waals surface area contributed by atoms with Gasteiger partial charge >= 0.3 is 37.0 Å². The molecule has 0 atom stereocenters. The maximum Gasteiger partial charge on any atom is 0.513 e. The van der Waals surface area contributed by atoms with Crippen molar-refractivity contribution in [1.29, 1.82) is 0 Å². The lowest BCUT2D eigenvalue weighted by atomic mass is 10.3. The standard InChI is InChI=1S/C12H13F6NO6S3/c1-8(20)25-9-4-6-10(7-5-9)26(2,3)19(27(21,22)11(13,14)15)28(23,24)12(16,17)18/h4-7H,1-3H3. The Morgan fingerprint density at radius 3 is 1.50 bits per heavy atom. The summed E-state index contributed by atoms with van der Waals surface area (Å²) in [6, 6.07) is 3.64. The molecule has 1 rings (SSSR count). The first-order chi connectivity index (χ1) is 12.3. The highest BCUT2D eigenvalue weighted by atomic mass is 32.4. The lowest BCUT2D eigenvalue weighted by Gasteiger charge is -2.41. The molecule has 0 N–H and O–H groups in total. The fraction of sp³-hybridized carbons (Fsp3) is 0.417. The quantitative estimate of drug-likeness (QED) is 0.368. The molecule has 0 heterocycles. The summed E-state index contributed by atoms with van der Waals surface area (Å²) in [4.78, 5) is 10.4. The smallest absolute Gasteiger partial charge is 0.427 e. The minimum Gasteiger partial charge on any atom is -0.427 e. The molecule has 0 saturated carbocycles. The van der Waals surface area contributed by atoms with Crippen molar-refractivity contribution in [2.24, 2.45) is 0 Å². The van der Waals surface area contributed by atoms with Crippen molar-refractivity contribution in [3.05, 3.63) is 24.3 Å². The normalized spacial score (nSPS) is 14.8. The molecule has 0 radical (unpaired) electrons. The molecule has 7 nitrogen and oxygen atoms in total. The van der Waals surface area contributed by atoms with Crippen LogP contribution in [0.1, 0.15) is 6.92 Å². The average Bonchev–Trinajstić information content (AvgIpc) is 2.43. The molecule has 0 amide bonds. The van der Waals surface area contributed by atoms with Crippen molar-refractivity contribution in [3.63, 3.8) is 0 Å². The van der Waals surface area contributed by atoms with E-state index in [1.807, 2.05) is 0 Å². The van der Waals surface area contributed by atoms with Gasteiger partial charge in [0.2, 0.25) is 0 Å². The minimum atomic E-state index is -6.94. The highest BCUT2D eigenvalue weighted by Gasteiger charge is 2.65. The van der Waals surface area contributed by atoms with E-state index in [1.54, 1.807) is 0 Å². The zero-order chi connectivity index (χ0) is 22.3. The van der Waals surface area contributed by atoms with Crippen LogP contribution < -0.4 is 4.74 Å². The first kappa shape index (κ1) is 24.5. The maximum atomic E-state index is 13.0. The van der Waals surface area contributed by atoms with Gasteiger partial charge in [0, 0.05) is 11.8 Å². The van der Waals surface area contributed by atoms with Crippen LogP contribution in [0, 0.1) is 0 Å². The maximum absolute atomic E-state index is 13.0. The summed E-state index contributed by atoms with van der Waals surface area (Å²) in [5.74, 6) is -0.921. The van der Waals surface area contributed by atoms with E-state index in [4.69, 9.17) is 0 Å². The molecule has 0 aliphatic heterocycles. The Labute approximate surface area is 157 Å². The molecule has 0 bridgehead atoms. The minimum absolute atomic E-state index is 0.143. The summed E-state index contributed by atoms with van der Waals surface area (Å²) in [6.45, 7) is 1.02. The number of alkyl halides is 6. The largest absolute Gasteiger partial charge is 0.513 e. The molecule has 0 spiro atoms. The third kappa shape index (κ3) is 4.55. The van der Waals surface area contributed by atoms with Gasteiger partial charge in [0.1, 0.15) is 5.75 Å². The van der Waals surface area contributed by atoms with Crippen LogP contribution in [0.25, 0.3) is 0 Å². The van der Waals surface area contributed by atoms with Crippen LogP contribution in [0.3, 0.4) is 0 Å². The Morgan fingerprint density at radius 1 is 0.857 bits per heavy atom. The van der Waals surface area contributed by atoms with Gasteiger partial charge in [0.05, 0.1) is 0 Å². The van der Waals surface area contributed by atoms with Crippen LogP contribution in [0.2, 0.25) is 0 Å². The zero-order valence-electron chi connectivity index (χ0n) is 14.2. The number of sulfonamides is 2. The number of halogens is 6. The van der Waals surface area contributed by atoms with E-state index in [0.717, 1.165) is 31.2 Å². The highest BCUT2D eigenvalue weighted by Crippen LogP contribution is 2.59. The SMILES string of the molecule is CC(=O)Oc1ccc(S(C)(C)N(S(=O)(=O)C(F)(F)F)S(=O)(=O)C(F)(F)F)cc1. The number of carbonyl (C=O) groups excluding carboxylic acids is 1. The molecule has 0 saturated heterocycles. The summed E-state index contributed by atoms with van der Waals surface area (Å²) in [5.41, 5.74) is -12.6. The molecule has 28 heavy (non-hydrogen) atoms. The van der Waals surface area contributed by atoms with Gasteiger partial charge in [-0.15, -0.1) is 10.2 Å². The Hall–Kier alpha value is -1.52. The average molecular weight is 477 g/mol. The van der Waals surface area contributed by atoms with Gasteiger partial charge in [-0.1, -0.05) is 0 Å². The molecule has 1 aromatic rings. The topological polar surface area (TPSA) is 97.8 Å². The number of esters is 1. The summed E-state index contributed by atoms with van der Waals surface area (Å²) >= 11 is 0. The van der Waals surface area contributed by atoms with E-state index in [2.05, 4.69) is 4.74 Å². The van der Waals surface area contributed by atoms with Crippen LogP contribution in [-0.2, 0) is 24.8 Å². The lowest BCUT2D eigenvalue weighted by molar-refractivity contribution is -0.131. The molecule has 0 aliphatic carbocycles. The van der Waals surface area contributed by atoms with Crippen molar-refractivity contribution in [2.45, 2.75) is 22.8 Å². The summed E-state index contributed by atoms with van der Waals surface area (Å²) in [7, 11) is -17.8. The Bertz CT molecular complexity index is 907. The predicted octanol–water partition coefficient (Wildman–Crippen LogP) is 2.95. The Balaban J connectivity index is 3.72. The molecule has 162 valence electrons. The van der Waals surface area contributed by atoms with Gasteiger partial charge in [-0.25, -0.2) is 16.8 Å². The number of carbonyl (C=O) groups is 1.